The molecule has 2 saturated heterocycles. The molecule has 0 bridgehead atoms. The molecule has 0 radical (unpaired) electrons. The molecule has 1 aromatic carbocycles. The second kappa shape index (κ2) is 9.93. The van der Waals surface area contributed by atoms with Crippen LogP contribution < -0.4 is 10.1 Å². The highest BCUT2D eigenvalue weighted by Gasteiger charge is 2.41. The topological polar surface area (TPSA) is 91.8 Å². The summed E-state index contributed by atoms with van der Waals surface area (Å²) in [5.41, 5.74) is 1.28. The van der Waals surface area contributed by atoms with Gasteiger partial charge in [-0.3, -0.25) is 29.6 Å². The van der Waals surface area contributed by atoms with E-state index in [1.54, 1.807) is 12.1 Å². The Labute approximate surface area is 223 Å². The van der Waals surface area contributed by atoms with E-state index in [1.165, 1.54) is 17.2 Å². The van der Waals surface area contributed by atoms with Gasteiger partial charge in [-0.15, -0.1) is 0 Å². The van der Waals surface area contributed by atoms with Gasteiger partial charge in [0, 0.05) is 49.8 Å². The summed E-state index contributed by atoms with van der Waals surface area (Å²) in [4.78, 5) is 44.3. The molecule has 206 valence electrons. The number of ether oxygens (including phenoxy) is 1. The Morgan fingerprint density at radius 1 is 1.00 bits per heavy atom. The number of piperidine rings is 1. The maximum Gasteiger partial charge on any atom is 0.433 e. The maximum atomic E-state index is 13.0. The summed E-state index contributed by atoms with van der Waals surface area (Å²) >= 11 is 0. The van der Waals surface area contributed by atoms with E-state index in [4.69, 9.17) is 4.74 Å². The van der Waals surface area contributed by atoms with Gasteiger partial charge >= 0.3 is 6.18 Å². The zero-order valence-corrected chi connectivity index (χ0v) is 21.2. The summed E-state index contributed by atoms with van der Waals surface area (Å²) in [5.74, 6) is -0.151. The first-order valence-corrected chi connectivity index (χ1v) is 13.4. The van der Waals surface area contributed by atoms with Gasteiger partial charge in [-0.05, 0) is 61.1 Å². The van der Waals surface area contributed by atoms with Crippen LogP contribution in [0.2, 0.25) is 0 Å². The zero-order chi connectivity index (χ0) is 27.3. The van der Waals surface area contributed by atoms with Crippen LogP contribution in [-0.2, 0) is 22.3 Å². The molecule has 3 unspecified atom stereocenters. The molecule has 39 heavy (non-hydrogen) atoms. The van der Waals surface area contributed by atoms with Gasteiger partial charge in [-0.2, -0.15) is 13.2 Å². The number of rotatable bonds is 5. The fourth-order valence-corrected chi connectivity index (χ4v) is 6.24. The van der Waals surface area contributed by atoms with Gasteiger partial charge in [0.15, 0.2) is 0 Å². The molecule has 8 nitrogen and oxygen atoms in total. The molecule has 4 aliphatic rings. The van der Waals surface area contributed by atoms with Crippen molar-refractivity contribution in [3.05, 3.63) is 58.9 Å². The van der Waals surface area contributed by atoms with E-state index in [-0.39, 0.29) is 36.3 Å². The monoisotopic (exact) mass is 542 g/mol. The molecule has 1 N–H and O–H groups in total. The van der Waals surface area contributed by atoms with E-state index in [0.29, 0.717) is 24.3 Å². The molecular formula is C28H29F3N4O4. The molecule has 2 aromatic rings. The highest BCUT2D eigenvalue weighted by molar-refractivity contribution is 6.05. The molecule has 6 rings (SSSR count). The van der Waals surface area contributed by atoms with E-state index in [9.17, 15) is 27.6 Å². The summed E-state index contributed by atoms with van der Waals surface area (Å²) in [6.07, 6.45) is 1.40. The number of amides is 3. The van der Waals surface area contributed by atoms with Gasteiger partial charge in [0.25, 0.3) is 5.91 Å². The molecule has 1 aliphatic carbocycles. The molecule has 3 aliphatic heterocycles. The van der Waals surface area contributed by atoms with Crippen LogP contribution in [0.4, 0.5) is 13.2 Å². The first-order valence-electron chi connectivity index (χ1n) is 13.4. The number of imide groups is 1. The van der Waals surface area contributed by atoms with Crippen LogP contribution in [0.5, 0.6) is 5.75 Å². The van der Waals surface area contributed by atoms with Crippen molar-refractivity contribution in [1.82, 2.24) is 20.1 Å². The van der Waals surface area contributed by atoms with Gasteiger partial charge < -0.3 is 9.64 Å². The summed E-state index contributed by atoms with van der Waals surface area (Å²) in [6.45, 7) is 1.79. The molecule has 1 saturated carbocycles. The minimum absolute atomic E-state index is 0.0353. The standard InChI is InChI=1S/C28H29F3N4O4/c29-28(30,31)24-9-5-16(12-32-24)18-13-34(14-18)21-3-1-2-4-23(21)39-19-6-7-20-17(11-19)15-35(27(20)38)22-8-10-25(36)33-26(22)37/h5-7,9,11-12,18,21-23H,1-4,8,10,13-15H2,(H,33,36,37). The SMILES string of the molecule is O=C1CCC(N2Cc3cc(OC4CCCCC4N4CC(c5ccc(C(F)(F)F)nc5)C4)ccc3C2=O)C(=O)N1. The van der Waals surface area contributed by atoms with Gasteiger partial charge in [0.05, 0.1) is 0 Å². The lowest BCUT2D eigenvalue weighted by atomic mass is 9.84. The molecule has 4 heterocycles. The lowest BCUT2D eigenvalue weighted by Crippen LogP contribution is -2.57. The van der Waals surface area contributed by atoms with Crippen LogP contribution in [0.3, 0.4) is 0 Å². The van der Waals surface area contributed by atoms with Crippen molar-refractivity contribution in [2.75, 3.05) is 13.1 Å². The quantitative estimate of drug-likeness (QED) is 0.580. The molecule has 3 fully saturated rings. The van der Waals surface area contributed by atoms with E-state index in [1.807, 2.05) is 6.07 Å². The number of halogens is 3. The van der Waals surface area contributed by atoms with Crippen LogP contribution in [0.25, 0.3) is 0 Å². The summed E-state index contributed by atoms with van der Waals surface area (Å²) in [5, 5.41) is 2.32. The number of hydrogen-bond donors (Lipinski definition) is 1. The summed E-state index contributed by atoms with van der Waals surface area (Å²) in [7, 11) is 0. The second-order valence-corrected chi connectivity index (χ2v) is 10.9. The van der Waals surface area contributed by atoms with Gasteiger partial charge in [0.1, 0.15) is 23.6 Å². The average Bonchev–Trinajstić information content (AvgIpc) is 3.19. The molecule has 3 amide bonds. The number of pyridine rings is 1. The Bertz CT molecular complexity index is 1290. The largest absolute Gasteiger partial charge is 0.489 e. The fraction of sp³-hybridized carbons (Fsp3) is 0.500. The van der Waals surface area contributed by atoms with Crippen LogP contribution in [0.1, 0.15) is 71.6 Å². The maximum absolute atomic E-state index is 13.0. The number of carbonyl (C=O) groups is 3. The second-order valence-electron chi connectivity index (χ2n) is 10.9. The van der Waals surface area contributed by atoms with Crippen LogP contribution in [0.15, 0.2) is 36.5 Å². The van der Waals surface area contributed by atoms with Crippen molar-refractivity contribution in [2.45, 2.75) is 75.4 Å². The van der Waals surface area contributed by atoms with E-state index in [0.717, 1.165) is 56.0 Å². The number of hydrogen-bond acceptors (Lipinski definition) is 6. The predicted octanol–water partition coefficient (Wildman–Crippen LogP) is 3.65. The normalized spacial score (nSPS) is 26.3. The van der Waals surface area contributed by atoms with Crippen molar-refractivity contribution in [3.8, 4) is 5.75 Å². The number of aromatic nitrogens is 1. The number of alkyl halides is 3. The minimum Gasteiger partial charge on any atom is -0.489 e. The Balaban J connectivity index is 1.09. The van der Waals surface area contributed by atoms with E-state index in [2.05, 4.69) is 15.2 Å². The Hall–Kier alpha value is -3.47. The van der Waals surface area contributed by atoms with Gasteiger partial charge in [-0.1, -0.05) is 12.5 Å². The van der Waals surface area contributed by atoms with Gasteiger partial charge in [0.2, 0.25) is 11.8 Å². The van der Waals surface area contributed by atoms with E-state index >= 15 is 0 Å². The number of nitrogens with one attached hydrogen (secondary N) is 1. The molecule has 3 atom stereocenters. The summed E-state index contributed by atoms with van der Waals surface area (Å²) < 4.78 is 45.0. The lowest BCUT2D eigenvalue weighted by molar-refractivity contribution is -0.141. The Morgan fingerprint density at radius 3 is 2.51 bits per heavy atom. The Morgan fingerprint density at radius 2 is 1.79 bits per heavy atom. The number of carbonyl (C=O) groups excluding carboxylic acids is 3. The van der Waals surface area contributed by atoms with Gasteiger partial charge in [-0.25, -0.2) is 0 Å². The molecular weight excluding hydrogens is 513 g/mol. The van der Waals surface area contributed by atoms with Crippen LogP contribution in [-0.4, -0.2) is 63.8 Å². The number of nitrogens with zero attached hydrogens (tertiary/aromatic N) is 3. The van der Waals surface area contributed by atoms with Crippen molar-refractivity contribution < 1.29 is 32.3 Å². The minimum atomic E-state index is -4.44. The third-order valence-electron chi connectivity index (χ3n) is 8.38. The first-order chi connectivity index (χ1) is 18.7. The van der Waals surface area contributed by atoms with E-state index < -0.39 is 23.8 Å². The highest BCUT2D eigenvalue weighted by atomic mass is 19.4. The Kier molecular flexibility index (Phi) is 6.57. The highest BCUT2D eigenvalue weighted by Crippen LogP contribution is 2.37. The average molecular weight is 543 g/mol. The number of fused-ring (bicyclic) bond motifs is 1. The smallest absolute Gasteiger partial charge is 0.433 e. The zero-order valence-electron chi connectivity index (χ0n) is 21.2. The first kappa shape index (κ1) is 25.8. The predicted molar refractivity (Wildman–Crippen MR) is 133 cm³/mol. The molecule has 0 spiro atoms. The number of likely N-dealkylation sites (tertiary alicyclic amines) is 1. The van der Waals surface area contributed by atoms with Crippen molar-refractivity contribution in [2.24, 2.45) is 0 Å². The lowest BCUT2D eigenvalue weighted by Gasteiger charge is -2.48. The molecule has 11 heteroatoms. The fourth-order valence-electron chi connectivity index (χ4n) is 6.24. The summed E-state index contributed by atoms with van der Waals surface area (Å²) in [6, 6.07) is 7.52. The van der Waals surface area contributed by atoms with Crippen molar-refractivity contribution >= 4 is 17.7 Å². The van der Waals surface area contributed by atoms with Crippen molar-refractivity contribution in [1.29, 1.82) is 0 Å². The van der Waals surface area contributed by atoms with Crippen molar-refractivity contribution in [3.63, 3.8) is 0 Å². The van der Waals surface area contributed by atoms with Crippen LogP contribution >= 0.6 is 0 Å². The third-order valence-corrected chi connectivity index (χ3v) is 8.38. The molecule has 1 aromatic heterocycles. The van der Waals surface area contributed by atoms with Crippen LogP contribution in [0, 0.1) is 0 Å². The third kappa shape index (κ3) is 4.99. The number of benzene rings is 1.